The Labute approximate surface area is 105 Å². The summed E-state index contributed by atoms with van der Waals surface area (Å²) in [5, 5.41) is 8.75. The number of nitrogens with one attached hydrogen (secondary N) is 1. The van der Waals surface area contributed by atoms with Crippen LogP contribution in [0.25, 0.3) is 0 Å². The van der Waals surface area contributed by atoms with Crippen molar-refractivity contribution in [3.63, 3.8) is 0 Å². The molecule has 0 bridgehead atoms. The van der Waals surface area contributed by atoms with E-state index in [9.17, 15) is 18.0 Å². The van der Waals surface area contributed by atoms with Gasteiger partial charge in [-0.2, -0.15) is 0 Å². The molecule has 102 valence electrons. The van der Waals surface area contributed by atoms with Crippen LogP contribution in [0.1, 0.15) is 12.8 Å². The van der Waals surface area contributed by atoms with Gasteiger partial charge in [-0.15, -0.1) is 0 Å². The molecule has 18 heavy (non-hydrogen) atoms. The largest absolute Gasteiger partial charge is 0.481 e. The van der Waals surface area contributed by atoms with E-state index in [1.165, 1.54) is 19.3 Å². The number of esters is 1. The number of ether oxygens (including phenoxy) is 1. The maximum atomic E-state index is 11.6. The van der Waals surface area contributed by atoms with E-state index < -0.39 is 33.9 Å². The molecule has 0 spiro atoms. The van der Waals surface area contributed by atoms with Crippen LogP contribution in [0.5, 0.6) is 0 Å². The Hall–Kier alpha value is -1.41. The lowest BCUT2D eigenvalue weighted by molar-refractivity contribution is -0.141. The second-order valence-electron chi connectivity index (χ2n) is 3.93. The summed E-state index contributed by atoms with van der Waals surface area (Å²) in [4.78, 5) is 21.5. The maximum absolute atomic E-state index is 11.6. The van der Waals surface area contributed by atoms with Crippen LogP contribution in [0.15, 0.2) is 12.2 Å². The Morgan fingerprint density at radius 3 is 2.61 bits per heavy atom. The highest BCUT2D eigenvalue weighted by Crippen LogP contribution is 2.18. The number of hydrogen-bond donors (Lipinski definition) is 2. The molecule has 0 radical (unpaired) electrons. The molecule has 0 saturated carbocycles. The van der Waals surface area contributed by atoms with Crippen molar-refractivity contribution in [2.24, 2.45) is 5.92 Å². The van der Waals surface area contributed by atoms with Gasteiger partial charge in [0.25, 0.3) is 0 Å². The van der Waals surface area contributed by atoms with Crippen LogP contribution < -0.4 is 4.72 Å². The summed E-state index contributed by atoms with van der Waals surface area (Å²) in [6, 6.07) is -0.534. The first-order chi connectivity index (χ1) is 8.34. The van der Waals surface area contributed by atoms with E-state index >= 15 is 0 Å². The number of methoxy groups -OCH3 is 1. The highest BCUT2D eigenvalue weighted by molar-refractivity contribution is 7.89. The average Bonchev–Trinajstić information content (AvgIpc) is 2.73. The van der Waals surface area contributed by atoms with Crippen molar-refractivity contribution < 1.29 is 27.9 Å². The van der Waals surface area contributed by atoms with Crippen LogP contribution in [0, 0.1) is 5.92 Å². The lowest BCUT2D eigenvalue weighted by Gasteiger charge is -2.12. The van der Waals surface area contributed by atoms with Crippen LogP contribution in [-0.2, 0) is 24.3 Å². The van der Waals surface area contributed by atoms with Gasteiger partial charge in [-0.05, 0) is 6.42 Å². The van der Waals surface area contributed by atoms with Crippen molar-refractivity contribution >= 4 is 22.0 Å². The summed E-state index contributed by atoms with van der Waals surface area (Å²) in [6.07, 6.45) is 2.92. The molecule has 0 aromatic heterocycles. The first kappa shape index (κ1) is 14.7. The molecule has 7 nitrogen and oxygen atoms in total. The molecule has 2 N–H and O–H groups in total. The Kier molecular flexibility index (Phi) is 4.85. The monoisotopic (exact) mass is 277 g/mol. The molecular formula is C10H15NO6S. The minimum absolute atomic E-state index is 0.187. The van der Waals surface area contributed by atoms with Crippen LogP contribution in [0.4, 0.5) is 0 Å². The van der Waals surface area contributed by atoms with Crippen LogP contribution in [-0.4, -0.2) is 44.4 Å². The molecule has 0 aliphatic heterocycles. The molecule has 1 aliphatic rings. The second-order valence-corrected chi connectivity index (χ2v) is 5.81. The standard InChI is InChI=1S/C10H15NO6S/c1-17-9(12)4-5-18(15,16)11-8-3-2-7(6-8)10(13)14/h2-3,7-8,11H,4-6H2,1H3,(H,13,14). The van der Waals surface area contributed by atoms with Gasteiger partial charge in [-0.25, -0.2) is 13.1 Å². The van der Waals surface area contributed by atoms with E-state index in [1.54, 1.807) is 0 Å². The highest BCUT2D eigenvalue weighted by Gasteiger charge is 2.27. The molecule has 1 aliphatic carbocycles. The van der Waals surface area contributed by atoms with Crippen molar-refractivity contribution in [1.82, 2.24) is 4.72 Å². The minimum Gasteiger partial charge on any atom is -0.481 e. The summed E-state index contributed by atoms with van der Waals surface area (Å²) in [5.74, 6) is -2.63. The maximum Gasteiger partial charge on any atom is 0.310 e. The zero-order valence-corrected chi connectivity index (χ0v) is 10.6. The third kappa shape index (κ3) is 4.46. The van der Waals surface area contributed by atoms with Crippen molar-refractivity contribution in [2.45, 2.75) is 18.9 Å². The van der Waals surface area contributed by atoms with Gasteiger partial charge in [0, 0.05) is 6.04 Å². The summed E-state index contributed by atoms with van der Waals surface area (Å²) in [6.45, 7) is 0. The zero-order chi connectivity index (χ0) is 13.8. The van der Waals surface area contributed by atoms with Gasteiger partial charge >= 0.3 is 11.9 Å². The molecule has 0 aromatic carbocycles. The van der Waals surface area contributed by atoms with E-state index in [4.69, 9.17) is 5.11 Å². The highest BCUT2D eigenvalue weighted by atomic mass is 32.2. The molecular weight excluding hydrogens is 262 g/mol. The summed E-state index contributed by atoms with van der Waals surface area (Å²) >= 11 is 0. The van der Waals surface area contributed by atoms with Gasteiger partial charge in [0.1, 0.15) is 0 Å². The predicted molar refractivity (Wildman–Crippen MR) is 62.2 cm³/mol. The quantitative estimate of drug-likeness (QED) is 0.500. The van der Waals surface area contributed by atoms with Crippen LogP contribution in [0.2, 0.25) is 0 Å². The third-order valence-electron chi connectivity index (χ3n) is 2.53. The van der Waals surface area contributed by atoms with Gasteiger partial charge in [-0.3, -0.25) is 9.59 Å². The zero-order valence-electron chi connectivity index (χ0n) is 9.83. The number of rotatable bonds is 6. The fourth-order valence-corrected chi connectivity index (χ4v) is 2.77. The third-order valence-corrected chi connectivity index (χ3v) is 3.94. The predicted octanol–water partition coefficient (Wildman–Crippen LogP) is -0.502. The Morgan fingerprint density at radius 2 is 2.11 bits per heavy atom. The smallest absolute Gasteiger partial charge is 0.310 e. The topological polar surface area (TPSA) is 110 Å². The van der Waals surface area contributed by atoms with E-state index in [0.29, 0.717) is 0 Å². The number of aliphatic carboxylic acids is 1. The van der Waals surface area contributed by atoms with Crippen LogP contribution in [0.3, 0.4) is 0 Å². The number of hydrogen-bond acceptors (Lipinski definition) is 5. The molecule has 0 heterocycles. The number of carbonyl (C=O) groups is 2. The van der Waals surface area contributed by atoms with Crippen molar-refractivity contribution in [2.75, 3.05) is 12.9 Å². The molecule has 0 saturated heterocycles. The lowest BCUT2D eigenvalue weighted by Crippen LogP contribution is -2.35. The minimum atomic E-state index is -3.61. The Balaban J connectivity index is 2.45. The van der Waals surface area contributed by atoms with Gasteiger partial charge in [0.05, 0.1) is 25.2 Å². The lowest BCUT2D eigenvalue weighted by atomic mass is 10.1. The molecule has 0 aromatic rings. The fraction of sp³-hybridized carbons (Fsp3) is 0.600. The van der Waals surface area contributed by atoms with Crippen molar-refractivity contribution in [3.8, 4) is 0 Å². The van der Waals surface area contributed by atoms with Gasteiger partial charge in [0.2, 0.25) is 10.0 Å². The summed E-state index contributed by atoms with van der Waals surface area (Å²) < 4.78 is 29.8. The van der Waals surface area contributed by atoms with Gasteiger partial charge in [0.15, 0.2) is 0 Å². The summed E-state index contributed by atoms with van der Waals surface area (Å²) in [7, 11) is -2.43. The normalized spacial score (nSPS) is 22.9. The molecule has 0 fully saturated rings. The van der Waals surface area contributed by atoms with Crippen molar-refractivity contribution in [1.29, 1.82) is 0 Å². The number of carbonyl (C=O) groups excluding carboxylic acids is 1. The van der Waals surface area contributed by atoms with E-state index in [2.05, 4.69) is 9.46 Å². The van der Waals surface area contributed by atoms with Crippen LogP contribution >= 0.6 is 0 Å². The molecule has 0 amide bonds. The van der Waals surface area contributed by atoms with E-state index in [-0.39, 0.29) is 18.6 Å². The van der Waals surface area contributed by atoms with Crippen molar-refractivity contribution in [3.05, 3.63) is 12.2 Å². The fourth-order valence-electron chi connectivity index (χ4n) is 1.58. The number of carboxylic acid groups (broad SMARTS) is 1. The Bertz CT molecular complexity index is 455. The SMILES string of the molecule is COC(=O)CCS(=O)(=O)NC1C=CC(C(=O)O)C1. The first-order valence-electron chi connectivity index (χ1n) is 5.32. The van der Waals surface area contributed by atoms with Gasteiger partial charge < -0.3 is 9.84 Å². The summed E-state index contributed by atoms with van der Waals surface area (Å²) in [5.41, 5.74) is 0. The van der Waals surface area contributed by atoms with E-state index in [1.807, 2.05) is 0 Å². The molecule has 2 atom stereocenters. The number of carboxylic acids is 1. The van der Waals surface area contributed by atoms with Gasteiger partial charge in [-0.1, -0.05) is 12.2 Å². The second kappa shape index (κ2) is 5.96. The first-order valence-corrected chi connectivity index (χ1v) is 6.97. The molecule has 1 rings (SSSR count). The molecule has 8 heteroatoms. The molecule has 2 unspecified atom stereocenters. The van der Waals surface area contributed by atoms with E-state index in [0.717, 1.165) is 0 Å². The average molecular weight is 277 g/mol. The Morgan fingerprint density at radius 1 is 1.44 bits per heavy atom. The number of sulfonamides is 1.